The molecule has 0 saturated heterocycles. The van der Waals surface area contributed by atoms with Gasteiger partial charge in [-0.25, -0.2) is 0 Å². The summed E-state index contributed by atoms with van der Waals surface area (Å²) in [5.41, 5.74) is 9.75. The Hall–Kier alpha value is -2.92. The van der Waals surface area contributed by atoms with Crippen LogP contribution in [-0.2, 0) is 6.54 Å². The molecule has 27 heavy (non-hydrogen) atoms. The first-order valence-corrected chi connectivity index (χ1v) is 9.31. The van der Waals surface area contributed by atoms with Gasteiger partial charge >= 0.3 is 0 Å². The van der Waals surface area contributed by atoms with Crippen LogP contribution in [0.1, 0.15) is 27.9 Å². The molecule has 0 spiro atoms. The van der Waals surface area contributed by atoms with Crippen LogP contribution in [0.4, 0.5) is 5.69 Å². The van der Waals surface area contributed by atoms with E-state index < -0.39 is 0 Å². The summed E-state index contributed by atoms with van der Waals surface area (Å²) < 4.78 is 2.15. The Morgan fingerprint density at radius 1 is 1.00 bits per heavy atom. The van der Waals surface area contributed by atoms with Crippen molar-refractivity contribution in [2.24, 2.45) is 5.10 Å². The van der Waals surface area contributed by atoms with Gasteiger partial charge in [-0.05, 0) is 61.8 Å². The fraction of sp³-hybridized carbons (Fsp3) is 0.182. The lowest BCUT2D eigenvalue weighted by molar-refractivity contribution is 0.798. The molecule has 0 fully saturated rings. The van der Waals surface area contributed by atoms with Crippen LogP contribution in [-0.4, -0.2) is 15.9 Å². The first-order valence-electron chi connectivity index (χ1n) is 8.90. The molecule has 138 valence electrons. The standard InChI is InChI=1S/C22H24N4S/c1-16-9-11-19(12-10-16)15-26-13-5-8-20(26)14-23-25-22(27)24-21-17(2)6-4-7-18(21)3/h4-14H,15H2,1-3H3,(H2,24,25,27)/b23-14-. The molecular formula is C22H24N4S. The lowest BCUT2D eigenvalue weighted by Gasteiger charge is -2.12. The highest BCUT2D eigenvalue weighted by atomic mass is 32.1. The molecule has 0 atom stereocenters. The van der Waals surface area contributed by atoms with E-state index in [1.54, 1.807) is 6.21 Å². The third kappa shape index (κ3) is 5.05. The highest BCUT2D eigenvalue weighted by Crippen LogP contribution is 2.19. The van der Waals surface area contributed by atoms with E-state index in [2.05, 4.69) is 83.8 Å². The van der Waals surface area contributed by atoms with Crippen molar-refractivity contribution in [1.82, 2.24) is 9.99 Å². The molecule has 1 heterocycles. The Labute approximate surface area is 165 Å². The van der Waals surface area contributed by atoms with Gasteiger partial charge in [-0.2, -0.15) is 5.10 Å². The third-order valence-electron chi connectivity index (χ3n) is 4.42. The average molecular weight is 377 g/mol. The molecule has 4 nitrogen and oxygen atoms in total. The number of benzene rings is 2. The number of aromatic nitrogens is 1. The van der Waals surface area contributed by atoms with E-state index in [-0.39, 0.29) is 0 Å². The fourth-order valence-corrected chi connectivity index (χ4v) is 3.04. The van der Waals surface area contributed by atoms with Gasteiger partial charge in [-0.15, -0.1) is 0 Å². The van der Waals surface area contributed by atoms with Crippen molar-refractivity contribution >= 4 is 29.2 Å². The average Bonchev–Trinajstić information content (AvgIpc) is 3.07. The van der Waals surface area contributed by atoms with E-state index >= 15 is 0 Å². The number of rotatable bonds is 5. The molecule has 0 saturated carbocycles. The molecule has 5 heteroatoms. The molecule has 0 unspecified atom stereocenters. The minimum absolute atomic E-state index is 0.472. The number of hydrogen-bond acceptors (Lipinski definition) is 2. The van der Waals surface area contributed by atoms with E-state index in [1.165, 1.54) is 11.1 Å². The maximum Gasteiger partial charge on any atom is 0.191 e. The maximum atomic E-state index is 5.36. The summed E-state index contributed by atoms with van der Waals surface area (Å²) in [5.74, 6) is 0. The summed E-state index contributed by atoms with van der Waals surface area (Å²) in [7, 11) is 0. The topological polar surface area (TPSA) is 41.4 Å². The predicted octanol–water partition coefficient (Wildman–Crippen LogP) is 4.78. The fourth-order valence-electron chi connectivity index (χ4n) is 2.89. The monoisotopic (exact) mass is 376 g/mol. The zero-order valence-electron chi connectivity index (χ0n) is 15.9. The number of nitrogens with one attached hydrogen (secondary N) is 2. The van der Waals surface area contributed by atoms with Crippen molar-refractivity contribution in [2.75, 3.05) is 5.32 Å². The smallest absolute Gasteiger partial charge is 0.191 e. The summed E-state index contributed by atoms with van der Waals surface area (Å²) in [5, 5.41) is 7.98. The lowest BCUT2D eigenvalue weighted by atomic mass is 10.1. The molecule has 0 amide bonds. The Morgan fingerprint density at radius 2 is 1.70 bits per heavy atom. The molecule has 0 bridgehead atoms. The van der Waals surface area contributed by atoms with Crippen molar-refractivity contribution in [3.8, 4) is 0 Å². The summed E-state index contributed by atoms with van der Waals surface area (Å²) in [6.45, 7) is 7.01. The van der Waals surface area contributed by atoms with E-state index in [4.69, 9.17) is 12.2 Å². The highest BCUT2D eigenvalue weighted by molar-refractivity contribution is 7.80. The maximum absolute atomic E-state index is 5.36. The Morgan fingerprint density at radius 3 is 2.41 bits per heavy atom. The number of nitrogens with zero attached hydrogens (tertiary/aromatic N) is 2. The number of aryl methyl sites for hydroxylation is 3. The second-order valence-electron chi connectivity index (χ2n) is 6.64. The molecule has 1 aromatic heterocycles. The van der Waals surface area contributed by atoms with Crippen molar-refractivity contribution in [3.63, 3.8) is 0 Å². The molecule has 2 N–H and O–H groups in total. The van der Waals surface area contributed by atoms with Gasteiger partial charge in [0.05, 0.1) is 11.9 Å². The van der Waals surface area contributed by atoms with E-state index in [0.717, 1.165) is 29.1 Å². The summed E-state index contributed by atoms with van der Waals surface area (Å²) in [6.07, 6.45) is 3.83. The molecule has 0 aliphatic rings. The normalized spacial score (nSPS) is 10.9. The number of hydrazone groups is 1. The largest absolute Gasteiger partial charge is 0.342 e. The van der Waals surface area contributed by atoms with Gasteiger partial charge in [0.15, 0.2) is 5.11 Å². The van der Waals surface area contributed by atoms with Gasteiger partial charge < -0.3 is 9.88 Å². The van der Waals surface area contributed by atoms with Crippen molar-refractivity contribution < 1.29 is 0 Å². The van der Waals surface area contributed by atoms with Crippen LogP contribution in [0.5, 0.6) is 0 Å². The highest BCUT2D eigenvalue weighted by Gasteiger charge is 2.04. The van der Waals surface area contributed by atoms with Crippen LogP contribution in [0.2, 0.25) is 0 Å². The number of hydrogen-bond donors (Lipinski definition) is 2. The molecule has 0 radical (unpaired) electrons. The molecule has 0 aliphatic heterocycles. The number of anilines is 1. The van der Waals surface area contributed by atoms with Gasteiger partial charge in [0, 0.05) is 18.4 Å². The predicted molar refractivity (Wildman–Crippen MR) is 118 cm³/mol. The second-order valence-corrected chi connectivity index (χ2v) is 7.05. The minimum Gasteiger partial charge on any atom is -0.342 e. The van der Waals surface area contributed by atoms with Crippen molar-refractivity contribution in [2.45, 2.75) is 27.3 Å². The van der Waals surface area contributed by atoms with Gasteiger partial charge in [0.2, 0.25) is 0 Å². The van der Waals surface area contributed by atoms with Crippen LogP contribution >= 0.6 is 12.2 Å². The second kappa shape index (κ2) is 8.64. The molecule has 2 aromatic carbocycles. The van der Waals surface area contributed by atoms with Gasteiger partial charge in [0.25, 0.3) is 0 Å². The van der Waals surface area contributed by atoms with Crippen LogP contribution in [0.3, 0.4) is 0 Å². The quantitative estimate of drug-likeness (QED) is 0.382. The summed E-state index contributed by atoms with van der Waals surface area (Å²) in [4.78, 5) is 0. The molecule has 3 aromatic rings. The van der Waals surface area contributed by atoms with Crippen LogP contribution < -0.4 is 10.7 Å². The van der Waals surface area contributed by atoms with Gasteiger partial charge in [-0.1, -0.05) is 48.0 Å². The summed E-state index contributed by atoms with van der Waals surface area (Å²) >= 11 is 5.36. The molecule has 0 aliphatic carbocycles. The van der Waals surface area contributed by atoms with Gasteiger partial charge in [0.1, 0.15) is 0 Å². The van der Waals surface area contributed by atoms with Crippen LogP contribution in [0.25, 0.3) is 0 Å². The zero-order chi connectivity index (χ0) is 19.2. The summed E-state index contributed by atoms with van der Waals surface area (Å²) in [6, 6.07) is 18.8. The Bertz CT molecular complexity index is 934. The first kappa shape index (κ1) is 18.9. The van der Waals surface area contributed by atoms with Crippen LogP contribution in [0.15, 0.2) is 65.9 Å². The van der Waals surface area contributed by atoms with Gasteiger partial charge in [-0.3, -0.25) is 5.43 Å². The lowest BCUT2D eigenvalue weighted by Crippen LogP contribution is -2.24. The SMILES string of the molecule is Cc1ccc(Cn2cccc2/C=N\NC(=S)Nc2c(C)cccc2C)cc1. The van der Waals surface area contributed by atoms with Crippen molar-refractivity contribution in [1.29, 1.82) is 0 Å². The Balaban J connectivity index is 1.61. The zero-order valence-corrected chi connectivity index (χ0v) is 16.7. The third-order valence-corrected chi connectivity index (χ3v) is 4.61. The minimum atomic E-state index is 0.472. The Kier molecular flexibility index (Phi) is 6.04. The van der Waals surface area contributed by atoms with E-state index in [0.29, 0.717) is 5.11 Å². The van der Waals surface area contributed by atoms with E-state index in [9.17, 15) is 0 Å². The number of para-hydroxylation sites is 1. The van der Waals surface area contributed by atoms with E-state index in [1.807, 2.05) is 18.2 Å². The number of thiocarbonyl (C=S) groups is 1. The first-order chi connectivity index (χ1) is 13.0. The van der Waals surface area contributed by atoms with Crippen LogP contribution in [0, 0.1) is 20.8 Å². The molecular weight excluding hydrogens is 352 g/mol. The molecule has 3 rings (SSSR count). The van der Waals surface area contributed by atoms with Crippen molar-refractivity contribution in [3.05, 3.63) is 88.7 Å².